The van der Waals surface area contributed by atoms with E-state index >= 15 is 0 Å². The van der Waals surface area contributed by atoms with E-state index in [9.17, 15) is 18.0 Å². The molecule has 0 unspecified atom stereocenters. The molecule has 1 aromatic rings. The summed E-state index contributed by atoms with van der Waals surface area (Å²) in [6, 6.07) is 0. The number of halogens is 4. The molecule has 0 fully saturated rings. The zero-order valence-electron chi connectivity index (χ0n) is 6.43. The van der Waals surface area contributed by atoms with Crippen LogP contribution in [0.2, 0.25) is 0 Å². The number of aromatic nitrogens is 2. The molecule has 0 aliphatic rings. The second-order valence-electron chi connectivity index (χ2n) is 2.09. The fourth-order valence-electron chi connectivity index (χ4n) is 0.541. The topological polar surface area (TPSA) is 54.9 Å². The van der Waals surface area contributed by atoms with Gasteiger partial charge in [0, 0.05) is 0 Å². The standard InChI is InChI=1S/C5H3BrF3N3OS/c6-1-2(13)10-4-12-11-3(14-4)5(7,8)9/h1H2,(H,10,12,13). The van der Waals surface area contributed by atoms with Crippen molar-refractivity contribution in [3.05, 3.63) is 5.01 Å². The molecule has 0 aromatic carbocycles. The van der Waals surface area contributed by atoms with Crippen LogP contribution in [0.1, 0.15) is 5.01 Å². The fraction of sp³-hybridized carbons (Fsp3) is 0.400. The zero-order chi connectivity index (χ0) is 10.8. The van der Waals surface area contributed by atoms with E-state index in [1.807, 2.05) is 0 Å². The fourth-order valence-corrected chi connectivity index (χ4v) is 1.31. The van der Waals surface area contributed by atoms with Crippen molar-refractivity contribution in [2.45, 2.75) is 6.18 Å². The molecule has 1 aromatic heterocycles. The number of carbonyl (C=O) groups is 1. The van der Waals surface area contributed by atoms with Gasteiger partial charge >= 0.3 is 6.18 Å². The van der Waals surface area contributed by atoms with Crippen molar-refractivity contribution in [2.24, 2.45) is 0 Å². The maximum absolute atomic E-state index is 12.0. The van der Waals surface area contributed by atoms with E-state index in [0.717, 1.165) is 0 Å². The van der Waals surface area contributed by atoms with Crippen LogP contribution in [-0.4, -0.2) is 21.4 Å². The minimum Gasteiger partial charge on any atom is -0.300 e. The largest absolute Gasteiger partial charge is 0.445 e. The molecule has 0 radical (unpaired) electrons. The summed E-state index contributed by atoms with van der Waals surface area (Å²) in [5.74, 6) is -0.477. The van der Waals surface area contributed by atoms with Gasteiger partial charge in [0.05, 0.1) is 5.33 Å². The molecule has 0 saturated carbocycles. The molecule has 14 heavy (non-hydrogen) atoms. The normalized spacial score (nSPS) is 11.4. The lowest BCUT2D eigenvalue weighted by Gasteiger charge is -1.97. The highest BCUT2D eigenvalue weighted by Gasteiger charge is 2.35. The van der Waals surface area contributed by atoms with Crippen molar-refractivity contribution < 1.29 is 18.0 Å². The zero-order valence-corrected chi connectivity index (χ0v) is 8.83. The Balaban J connectivity index is 2.74. The maximum atomic E-state index is 12.0. The van der Waals surface area contributed by atoms with Gasteiger partial charge in [0.15, 0.2) is 0 Å². The highest BCUT2D eigenvalue weighted by molar-refractivity contribution is 9.09. The highest BCUT2D eigenvalue weighted by atomic mass is 79.9. The van der Waals surface area contributed by atoms with Crippen LogP contribution in [-0.2, 0) is 11.0 Å². The number of hydrogen-bond donors (Lipinski definition) is 1. The predicted octanol–water partition coefficient (Wildman–Crippen LogP) is 1.89. The van der Waals surface area contributed by atoms with Crippen LogP contribution in [0.25, 0.3) is 0 Å². The van der Waals surface area contributed by atoms with Crippen LogP contribution in [0.4, 0.5) is 18.3 Å². The second kappa shape index (κ2) is 4.22. The molecule has 0 atom stereocenters. The average Bonchev–Trinajstić information content (AvgIpc) is 2.51. The van der Waals surface area contributed by atoms with Crippen LogP contribution >= 0.6 is 27.3 Å². The number of anilines is 1. The monoisotopic (exact) mass is 289 g/mol. The smallest absolute Gasteiger partial charge is 0.300 e. The lowest BCUT2D eigenvalue weighted by molar-refractivity contribution is -0.138. The van der Waals surface area contributed by atoms with Crippen LogP contribution in [0.3, 0.4) is 0 Å². The van der Waals surface area contributed by atoms with Gasteiger partial charge < -0.3 is 0 Å². The van der Waals surface area contributed by atoms with Crippen molar-refractivity contribution in [1.29, 1.82) is 0 Å². The van der Waals surface area contributed by atoms with Gasteiger partial charge in [-0.3, -0.25) is 10.1 Å². The molecule has 0 spiro atoms. The van der Waals surface area contributed by atoms with E-state index in [1.54, 1.807) is 0 Å². The molecule has 0 saturated heterocycles. The van der Waals surface area contributed by atoms with Crippen molar-refractivity contribution in [1.82, 2.24) is 10.2 Å². The molecule has 78 valence electrons. The third-order valence-corrected chi connectivity index (χ3v) is 2.43. The number of amides is 1. The molecule has 0 bridgehead atoms. The molecule has 0 aliphatic heterocycles. The summed E-state index contributed by atoms with van der Waals surface area (Å²) in [7, 11) is 0. The SMILES string of the molecule is O=C(CBr)Nc1nnc(C(F)(F)F)s1. The summed E-state index contributed by atoms with van der Waals surface area (Å²) in [5, 5.41) is 6.95. The number of rotatable bonds is 2. The van der Waals surface area contributed by atoms with Crippen LogP contribution in [0, 0.1) is 0 Å². The lowest BCUT2D eigenvalue weighted by Crippen LogP contribution is -2.11. The summed E-state index contributed by atoms with van der Waals surface area (Å²) in [5.41, 5.74) is 0. The third kappa shape index (κ3) is 2.91. The second-order valence-corrected chi connectivity index (χ2v) is 3.63. The van der Waals surface area contributed by atoms with E-state index in [4.69, 9.17) is 0 Å². The van der Waals surface area contributed by atoms with Crippen molar-refractivity contribution in [2.75, 3.05) is 10.6 Å². The molecular weight excluding hydrogens is 287 g/mol. The molecule has 1 heterocycles. The first-order chi connectivity index (χ1) is 6.43. The number of hydrogen-bond acceptors (Lipinski definition) is 4. The quantitative estimate of drug-likeness (QED) is 0.846. The first-order valence-corrected chi connectivity index (χ1v) is 5.14. The Morgan fingerprint density at radius 2 is 2.14 bits per heavy atom. The van der Waals surface area contributed by atoms with E-state index in [-0.39, 0.29) is 21.8 Å². The van der Waals surface area contributed by atoms with Gasteiger partial charge in [-0.05, 0) is 0 Å². The molecule has 1 N–H and O–H groups in total. The Labute approximate surface area is 88.6 Å². The van der Waals surface area contributed by atoms with Gasteiger partial charge in [-0.1, -0.05) is 27.3 Å². The third-order valence-electron chi connectivity index (χ3n) is 1.04. The Morgan fingerprint density at radius 3 is 2.57 bits per heavy atom. The van der Waals surface area contributed by atoms with E-state index < -0.39 is 17.1 Å². The van der Waals surface area contributed by atoms with Crippen LogP contribution in [0.15, 0.2) is 0 Å². The first-order valence-electron chi connectivity index (χ1n) is 3.20. The summed E-state index contributed by atoms with van der Waals surface area (Å²) >= 11 is 3.12. The Morgan fingerprint density at radius 1 is 1.50 bits per heavy atom. The molecule has 0 aliphatic carbocycles. The van der Waals surface area contributed by atoms with Crippen molar-refractivity contribution in [3.8, 4) is 0 Å². The Bertz CT molecular complexity index is 339. The average molecular weight is 290 g/mol. The molecule has 9 heteroatoms. The maximum Gasteiger partial charge on any atom is 0.445 e. The van der Waals surface area contributed by atoms with Gasteiger partial charge in [0.1, 0.15) is 0 Å². The van der Waals surface area contributed by atoms with Crippen LogP contribution in [0.5, 0.6) is 0 Å². The predicted molar refractivity (Wildman–Crippen MR) is 47.3 cm³/mol. The summed E-state index contributed by atoms with van der Waals surface area (Å²) in [4.78, 5) is 10.7. The van der Waals surface area contributed by atoms with Gasteiger partial charge in [-0.25, -0.2) is 0 Å². The highest BCUT2D eigenvalue weighted by Crippen LogP contribution is 2.32. The number of carbonyl (C=O) groups excluding carboxylic acids is 1. The summed E-state index contributed by atoms with van der Waals surface area (Å²) in [6.07, 6.45) is -4.52. The van der Waals surface area contributed by atoms with Crippen LogP contribution < -0.4 is 5.32 Å². The van der Waals surface area contributed by atoms with Gasteiger partial charge in [-0.15, -0.1) is 10.2 Å². The van der Waals surface area contributed by atoms with Crippen molar-refractivity contribution >= 4 is 38.3 Å². The Hall–Kier alpha value is -0.700. The van der Waals surface area contributed by atoms with Gasteiger partial charge in [-0.2, -0.15) is 13.2 Å². The van der Waals surface area contributed by atoms with Crippen molar-refractivity contribution in [3.63, 3.8) is 0 Å². The minimum atomic E-state index is -4.52. The molecule has 1 amide bonds. The van der Waals surface area contributed by atoms with E-state index in [1.165, 1.54) is 0 Å². The summed E-state index contributed by atoms with van der Waals surface area (Å²) in [6.45, 7) is 0. The number of alkyl halides is 4. The molecule has 4 nitrogen and oxygen atoms in total. The summed E-state index contributed by atoms with van der Waals surface area (Å²) < 4.78 is 36.0. The first kappa shape index (κ1) is 11.4. The van der Waals surface area contributed by atoms with E-state index in [0.29, 0.717) is 0 Å². The number of nitrogens with zero attached hydrogens (tertiary/aromatic N) is 2. The molecule has 1 rings (SSSR count). The van der Waals surface area contributed by atoms with Gasteiger partial charge in [0.2, 0.25) is 16.0 Å². The van der Waals surface area contributed by atoms with E-state index in [2.05, 4.69) is 31.4 Å². The minimum absolute atomic E-state index is 0.00602. The number of nitrogens with one attached hydrogen (secondary N) is 1. The lowest BCUT2D eigenvalue weighted by atomic mass is 10.7. The molecular formula is C5H3BrF3N3OS. The Kier molecular flexibility index (Phi) is 3.43. The van der Waals surface area contributed by atoms with Gasteiger partial charge in [0.25, 0.3) is 0 Å².